The molecule has 0 saturated carbocycles. The van der Waals surface area contributed by atoms with E-state index in [-0.39, 0.29) is 24.8 Å². The maximum absolute atomic E-state index is 12.7. The van der Waals surface area contributed by atoms with Gasteiger partial charge in [-0.15, -0.1) is 0 Å². The van der Waals surface area contributed by atoms with Crippen molar-refractivity contribution in [3.8, 4) is 0 Å². The van der Waals surface area contributed by atoms with E-state index in [1.165, 1.54) is 0 Å². The van der Waals surface area contributed by atoms with E-state index < -0.39 is 11.7 Å². The monoisotopic (exact) mass is 389 g/mol. The summed E-state index contributed by atoms with van der Waals surface area (Å²) in [4.78, 5) is 40.1. The molecule has 28 heavy (non-hydrogen) atoms. The second-order valence-electron chi connectivity index (χ2n) is 8.15. The first-order valence-electron chi connectivity index (χ1n) is 9.68. The van der Waals surface area contributed by atoms with Crippen molar-refractivity contribution in [2.75, 3.05) is 32.7 Å². The summed E-state index contributed by atoms with van der Waals surface area (Å²) in [5, 5.41) is 2.59. The standard InChI is InChI=1S/C21H31N3O4/c1-15-6-7-17(14-16(15)2)19(26)24-12-10-23(11-13-24)18(25)8-9-22-20(27)28-21(3,4)5/h6-7,14H,8-13H2,1-5H3,(H,22,27). The van der Waals surface area contributed by atoms with Gasteiger partial charge in [0, 0.05) is 44.7 Å². The lowest BCUT2D eigenvalue weighted by Gasteiger charge is -2.35. The van der Waals surface area contributed by atoms with Crippen LogP contribution in [0.3, 0.4) is 0 Å². The zero-order chi connectivity index (χ0) is 20.9. The van der Waals surface area contributed by atoms with Crippen LogP contribution in [0.5, 0.6) is 0 Å². The third kappa shape index (κ3) is 6.25. The summed E-state index contributed by atoms with van der Waals surface area (Å²) >= 11 is 0. The summed E-state index contributed by atoms with van der Waals surface area (Å²) in [6.45, 7) is 11.6. The van der Waals surface area contributed by atoms with Crippen LogP contribution in [0.2, 0.25) is 0 Å². The number of hydrogen-bond donors (Lipinski definition) is 1. The number of aryl methyl sites for hydroxylation is 2. The Kier molecular flexibility index (Phi) is 7.05. The minimum atomic E-state index is -0.563. The van der Waals surface area contributed by atoms with Crippen LogP contribution in [0.1, 0.15) is 48.7 Å². The van der Waals surface area contributed by atoms with Crippen molar-refractivity contribution in [2.24, 2.45) is 0 Å². The van der Waals surface area contributed by atoms with E-state index in [1.54, 1.807) is 30.6 Å². The van der Waals surface area contributed by atoms with Gasteiger partial charge in [-0.3, -0.25) is 9.59 Å². The lowest BCUT2D eigenvalue weighted by molar-refractivity contribution is -0.132. The molecule has 1 aromatic carbocycles. The molecule has 0 spiro atoms. The van der Waals surface area contributed by atoms with Crippen molar-refractivity contribution < 1.29 is 19.1 Å². The average molecular weight is 389 g/mol. The number of amides is 3. The fourth-order valence-electron chi connectivity index (χ4n) is 2.96. The van der Waals surface area contributed by atoms with Gasteiger partial charge in [-0.25, -0.2) is 4.79 Å². The molecule has 1 saturated heterocycles. The highest BCUT2D eigenvalue weighted by atomic mass is 16.6. The normalized spacial score (nSPS) is 14.6. The van der Waals surface area contributed by atoms with E-state index in [1.807, 2.05) is 32.0 Å². The number of carbonyl (C=O) groups is 3. The fraction of sp³-hybridized carbons (Fsp3) is 0.571. The zero-order valence-electron chi connectivity index (χ0n) is 17.5. The van der Waals surface area contributed by atoms with Gasteiger partial charge in [-0.1, -0.05) is 6.07 Å². The largest absolute Gasteiger partial charge is 0.444 e. The molecule has 3 amide bonds. The smallest absolute Gasteiger partial charge is 0.407 e. The van der Waals surface area contributed by atoms with E-state index in [0.29, 0.717) is 31.7 Å². The van der Waals surface area contributed by atoms with E-state index >= 15 is 0 Å². The molecule has 0 atom stereocenters. The Morgan fingerprint density at radius 3 is 2.18 bits per heavy atom. The predicted octanol–water partition coefficient (Wildman–Crippen LogP) is 2.50. The maximum atomic E-state index is 12.7. The van der Waals surface area contributed by atoms with Crippen molar-refractivity contribution in [3.05, 3.63) is 34.9 Å². The highest BCUT2D eigenvalue weighted by molar-refractivity contribution is 5.94. The number of benzene rings is 1. The molecule has 2 rings (SSSR count). The quantitative estimate of drug-likeness (QED) is 0.858. The van der Waals surface area contributed by atoms with Crippen LogP contribution in [0.25, 0.3) is 0 Å². The molecule has 0 aromatic heterocycles. The Morgan fingerprint density at radius 2 is 1.61 bits per heavy atom. The van der Waals surface area contributed by atoms with Crippen molar-refractivity contribution in [3.63, 3.8) is 0 Å². The van der Waals surface area contributed by atoms with Crippen molar-refractivity contribution >= 4 is 17.9 Å². The summed E-state index contributed by atoms with van der Waals surface area (Å²) in [5.74, 6) is -0.0314. The third-order valence-corrected chi connectivity index (χ3v) is 4.68. The lowest BCUT2D eigenvalue weighted by atomic mass is 10.1. The first kappa shape index (κ1) is 21.7. The molecule has 1 fully saturated rings. The van der Waals surface area contributed by atoms with Gasteiger partial charge in [0.25, 0.3) is 5.91 Å². The SMILES string of the molecule is Cc1ccc(C(=O)N2CCN(C(=O)CCNC(=O)OC(C)(C)C)CC2)cc1C. The van der Waals surface area contributed by atoms with Gasteiger partial charge in [0.2, 0.25) is 5.91 Å². The molecule has 154 valence electrons. The first-order valence-corrected chi connectivity index (χ1v) is 9.68. The highest BCUT2D eigenvalue weighted by Gasteiger charge is 2.25. The number of rotatable bonds is 4. The molecule has 1 aliphatic rings. The van der Waals surface area contributed by atoms with Gasteiger partial charge in [0.05, 0.1) is 0 Å². The Hall–Kier alpha value is -2.57. The van der Waals surface area contributed by atoms with Gasteiger partial charge in [0.1, 0.15) is 5.60 Å². The van der Waals surface area contributed by atoms with E-state index in [4.69, 9.17) is 4.74 Å². The number of nitrogens with zero attached hydrogens (tertiary/aromatic N) is 2. The maximum Gasteiger partial charge on any atom is 0.407 e. The third-order valence-electron chi connectivity index (χ3n) is 4.68. The molecule has 0 radical (unpaired) electrons. The number of nitrogens with one attached hydrogen (secondary N) is 1. The number of ether oxygens (including phenoxy) is 1. The molecule has 0 aliphatic carbocycles. The van der Waals surface area contributed by atoms with E-state index in [9.17, 15) is 14.4 Å². The Bertz CT molecular complexity index is 732. The van der Waals surface area contributed by atoms with Gasteiger partial charge >= 0.3 is 6.09 Å². The Labute approximate surface area is 167 Å². The molecule has 7 heteroatoms. The van der Waals surface area contributed by atoms with Gasteiger partial charge in [-0.05, 0) is 57.9 Å². The summed E-state index contributed by atoms with van der Waals surface area (Å²) in [5.41, 5.74) is 2.38. The van der Waals surface area contributed by atoms with Crippen LogP contribution in [0.15, 0.2) is 18.2 Å². The number of piperazine rings is 1. The lowest BCUT2D eigenvalue weighted by Crippen LogP contribution is -2.51. The summed E-state index contributed by atoms with van der Waals surface area (Å²) < 4.78 is 5.14. The number of alkyl carbamates (subject to hydrolysis) is 1. The second kappa shape index (κ2) is 9.08. The van der Waals surface area contributed by atoms with Crippen LogP contribution in [-0.2, 0) is 9.53 Å². The van der Waals surface area contributed by atoms with Crippen LogP contribution in [0, 0.1) is 13.8 Å². The first-order chi connectivity index (χ1) is 13.1. The number of hydrogen-bond acceptors (Lipinski definition) is 4. The van der Waals surface area contributed by atoms with Crippen molar-refractivity contribution in [2.45, 2.75) is 46.6 Å². The fourth-order valence-corrected chi connectivity index (χ4v) is 2.96. The molecular weight excluding hydrogens is 358 g/mol. The summed E-state index contributed by atoms with van der Waals surface area (Å²) in [7, 11) is 0. The number of carbonyl (C=O) groups excluding carboxylic acids is 3. The summed E-state index contributed by atoms with van der Waals surface area (Å²) in [6.07, 6.45) is -0.311. The topological polar surface area (TPSA) is 79.0 Å². The van der Waals surface area contributed by atoms with E-state index in [0.717, 1.165) is 11.1 Å². The van der Waals surface area contributed by atoms with Gasteiger partial charge in [-0.2, -0.15) is 0 Å². The zero-order valence-corrected chi connectivity index (χ0v) is 17.5. The van der Waals surface area contributed by atoms with Crippen LogP contribution in [0.4, 0.5) is 4.79 Å². The predicted molar refractivity (Wildman–Crippen MR) is 107 cm³/mol. The second-order valence-corrected chi connectivity index (χ2v) is 8.15. The molecule has 1 aliphatic heterocycles. The molecule has 0 bridgehead atoms. The van der Waals surface area contributed by atoms with Crippen molar-refractivity contribution in [1.82, 2.24) is 15.1 Å². The van der Waals surface area contributed by atoms with Crippen LogP contribution >= 0.6 is 0 Å². The molecule has 1 heterocycles. The van der Waals surface area contributed by atoms with Gasteiger partial charge in [0.15, 0.2) is 0 Å². The van der Waals surface area contributed by atoms with E-state index in [2.05, 4.69) is 5.32 Å². The minimum Gasteiger partial charge on any atom is -0.444 e. The summed E-state index contributed by atoms with van der Waals surface area (Å²) in [6, 6.07) is 5.72. The average Bonchev–Trinajstić information content (AvgIpc) is 2.62. The molecule has 7 nitrogen and oxygen atoms in total. The Morgan fingerprint density at radius 1 is 1.00 bits per heavy atom. The van der Waals surface area contributed by atoms with Crippen LogP contribution in [-0.4, -0.2) is 66.0 Å². The van der Waals surface area contributed by atoms with Crippen molar-refractivity contribution in [1.29, 1.82) is 0 Å². The Balaban J connectivity index is 1.76. The highest BCUT2D eigenvalue weighted by Crippen LogP contribution is 2.14. The minimum absolute atomic E-state index is 0.00166. The van der Waals surface area contributed by atoms with Crippen LogP contribution < -0.4 is 5.32 Å². The molecule has 1 N–H and O–H groups in total. The molecular formula is C21H31N3O4. The van der Waals surface area contributed by atoms with Gasteiger partial charge < -0.3 is 19.9 Å². The molecule has 1 aromatic rings. The molecule has 0 unspecified atom stereocenters.